The summed E-state index contributed by atoms with van der Waals surface area (Å²) in [5.41, 5.74) is 0.473. The Balaban J connectivity index is 2.02. The minimum atomic E-state index is -0.985. The first kappa shape index (κ1) is 13.8. The number of hydrogen-bond donors (Lipinski definition) is 2. The summed E-state index contributed by atoms with van der Waals surface area (Å²) in [6.07, 6.45) is 2.11. The number of likely N-dealkylation sites (tertiary alicyclic amines) is 1. The summed E-state index contributed by atoms with van der Waals surface area (Å²) >= 11 is 1.06. The van der Waals surface area contributed by atoms with Crippen LogP contribution in [0.1, 0.15) is 35.1 Å². The van der Waals surface area contributed by atoms with Crippen LogP contribution in [0.5, 0.6) is 0 Å². The molecule has 0 aliphatic carbocycles. The molecule has 0 spiro atoms. The van der Waals surface area contributed by atoms with Gasteiger partial charge in [-0.05, 0) is 26.7 Å². The summed E-state index contributed by atoms with van der Waals surface area (Å²) in [5, 5.41) is 12.4. The molecule has 0 aromatic carbocycles. The topological polar surface area (TPSA) is 82.5 Å². The molecule has 0 saturated carbocycles. The van der Waals surface area contributed by atoms with Gasteiger partial charge in [0.1, 0.15) is 10.9 Å². The van der Waals surface area contributed by atoms with Gasteiger partial charge in [0.05, 0.1) is 5.69 Å². The zero-order chi connectivity index (χ0) is 14.0. The van der Waals surface area contributed by atoms with E-state index in [2.05, 4.69) is 10.3 Å². The molecule has 1 aliphatic heterocycles. The quantitative estimate of drug-likeness (QED) is 0.876. The van der Waals surface area contributed by atoms with Gasteiger partial charge in [-0.15, -0.1) is 0 Å². The molecule has 0 radical (unpaired) electrons. The summed E-state index contributed by atoms with van der Waals surface area (Å²) in [7, 11) is 0. The van der Waals surface area contributed by atoms with Crippen LogP contribution in [-0.4, -0.2) is 46.0 Å². The lowest BCUT2D eigenvalue weighted by Crippen LogP contribution is -2.39. The molecule has 1 aliphatic rings. The number of carboxylic acids is 1. The number of aromatic nitrogens is 1. The fourth-order valence-electron chi connectivity index (χ4n) is 2.11. The van der Waals surface area contributed by atoms with Gasteiger partial charge >= 0.3 is 5.97 Å². The third-order valence-corrected chi connectivity index (χ3v) is 4.20. The average molecular weight is 283 g/mol. The Morgan fingerprint density at radius 1 is 1.42 bits per heavy atom. The van der Waals surface area contributed by atoms with Crippen LogP contribution in [0.4, 0.5) is 5.13 Å². The molecule has 7 heteroatoms. The van der Waals surface area contributed by atoms with Gasteiger partial charge in [0.2, 0.25) is 5.91 Å². The molecule has 0 bridgehead atoms. The van der Waals surface area contributed by atoms with E-state index < -0.39 is 5.97 Å². The maximum atomic E-state index is 12.1. The van der Waals surface area contributed by atoms with Crippen LogP contribution >= 0.6 is 11.3 Å². The third-order valence-electron chi connectivity index (χ3n) is 3.12. The van der Waals surface area contributed by atoms with Gasteiger partial charge in [-0.2, -0.15) is 0 Å². The van der Waals surface area contributed by atoms with E-state index >= 15 is 0 Å². The number of thiazole rings is 1. The summed E-state index contributed by atoms with van der Waals surface area (Å²) < 4.78 is 0. The summed E-state index contributed by atoms with van der Waals surface area (Å²) in [6.45, 7) is 5.04. The lowest BCUT2D eigenvalue weighted by Gasteiger charge is -2.20. The molecule has 1 aromatic heterocycles. The number of anilines is 1. The van der Waals surface area contributed by atoms with E-state index in [1.807, 2.05) is 4.90 Å². The Labute approximate surface area is 115 Å². The molecule has 1 fully saturated rings. The van der Waals surface area contributed by atoms with Crippen molar-refractivity contribution in [2.45, 2.75) is 32.7 Å². The molecular weight excluding hydrogens is 266 g/mol. The van der Waals surface area contributed by atoms with E-state index in [4.69, 9.17) is 5.11 Å². The molecule has 1 atom stereocenters. The fourth-order valence-corrected chi connectivity index (χ4v) is 3.01. The Bertz CT molecular complexity index is 494. The summed E-state index contributed by atoms with van der Waals surface area (Å²) in [5.74, 6) is -0.941. The van der Waals surface area contributed by atoms with Gasteiger partial charge in [-0.25, -0.2) is 9.78 Å². The molecule has 1 saturated heterocycles. The Hall–Kier alpha value is -1.63. The van der Waals surface area contributed by atoms with Crippen molar-refractivity contribution in [3.05, 3.63) is 10.6 Å². The molecule has 1 unspecified atom stereocenters. The van der Waals surface area contributed by atoms with Crippen LogP contribution in [0.3, 0.4) is 0 Å². The first-order valence-electron chi connectivity index (χ1n) is 6.25. The molecule has 6 nitrogen and oxygen atoms in total. The smallest absolute Gasteiger partial charge is 0.347 e. The molecule has 19 heavy (non-hydrogen) atoms. The normalized spacial score (nSPS) is 16.4. The minimum Gasteiger partial charge on any atom is -0.477 e. The molecule has 1 amide bonds. The number of hydrogen-bond acceptors (Lipinski definition) is 5. The maximum absolute atomic E-state index is 12.1. The van der Waals surface area contributed by atoms with E-state index in [-0.39, 0.29) is 16.8 Å². The van der Waals surface area contributed by atoms with Crippen LogP contribution in [0.15, 0.2) is 0 Å². The Morgan fingerprint density at radius 3 is 2.58 bits per heavy atom. The highest BCUT2D eigenvalue weighted by molar-refractivity contribution is 7.17. The molecule has 1 aromatic rings. The van der Waals surface area contributed by atoms with Crippen molar-refractivity contribution in [1.82, 2.24) is 9.88 Å². The van der Waals surface area contributed by atoms with Crippen molar-refractivity contribution in [2.75, 3.05) is 18.4 Å². The number of aryl methyl sites for hydroxylation is 1. The van der Waals surface area contributed by atoms with E-state index in [9.17, 15) is 9.59 Å². The van der Waals surface area contributed by atoms with Gasteiger partial charge in [-0.1, -0.05) is 11.3 Å². The van der Waals surface area contributed by atoms with Crippen molar-refractivity contribution >= 4 is 28.3 Å². The third kappa shape index (κ3) is 3.04. The Morgan fingerprint density at radius 2 is 2.05 bits per heavy atom. The van der Waals surface area contributed by atoms with Crippen LogP contribution < -0.4 is 5.32 Å². The maximum Gasteiger partial charge on any atom is 0.347 e. The molecule has 2 N–H and O–H groups in total. The van der Waals surface area contributed by atoms with E-state index in [1.54, 1.807) is 13.8 Å². The van der Waals surface area contributed by atoms with Gasteiger partial charge < -0.3 is 15.3 Å². The molecule has 2 rings (SSSR count). The second-order valence-electron chi connectivity index (χ2n) is 4.64. The fraction of sp³-hybridized carbons (Fsp3) is 0.583. The lowest BCUT2D eigenvalue weighted by molar-refractivity contribution is -0.130. The van der Waals surface area contributed by atoms with Gasteiger partial charge in [0.25, 0.3) is 0 Å². The highest BCUT2D eigenvalue weighted by atomic mass is 32.1. The van der Waals surface area contributed by atoms with Gasteiger partial charge in [0, 0.05) is 13.1 Å². The first-order chi connectivity index (χ1) is 8.99. The number of carboxylic acid groups (broad SMARTS) is 1. The van der Waals surface area contributed by atoms with Crippen LogP contribution in [0, 0.1) is 6.92 Å². The summed E-state index contributed by atoms with van der Waals surface area (Å²) in [6, 6.07) is -0.384. The first-order valence-corrected chi connectivity index (χ1v) is 7.06. The average Bonchev–Trinajstić information content (AvgIpc) is 2.97. The second-order valence-corrected chi connectivity index (χ2v) is 5.64. The van der Waals surface area contributed by atoms with Gasteiger partial charge in [0.15, 0.2) is 5.13 Å². The number of nitrogens with one attached hydrogen (secondary N) is 1. The number of nitrogens with zero attached hydrogens (tertiary/aromatic N) is 2. The number of carbonyl (C=O) groups excluding carboxylic acids is 1. The van der Waals surface area contributed by atoms with E-state index in [0.717, 1.165) is 37.3 Å². The molecule has 2 heterocycles. The van der Waals surface area contributed by atoms with Crippen molar-refractivity contribution in [1.29, 1.82) is 0 Å². The van der Waals surface area contributed by atoms with Gasteiger partial charge in [-0.3, -0.25) is 4.79 Å². The molecule has 104 valence electrons. The second kappa shape index (κ2) is 5.56. The van der Waals surface area contributed by atoms with E-state index in [0.29, 0.717) is 10.8 Å². The highest BCUT2D eigenvalue weighted by Crippen LogP contribution is 2.23. The largest absolute Gasteiger partial charge is 0.477 e. The number of aromatic carboxylic acids is 1. The SMILES string of the molecule is Cc1nc(NC(C)C(=O)N2CCCC2)sc1C(=O)O. The standard InChI is InChI=1S/C12H17N3O3S/c1-7-9(11(17)18)19-12(13-7)14-8(2)10(16)15-5-3-4-6-15/h8H,3-6H2,1-2H3,(H,13,14)(H,17,18). The van der Waals surface area contributed by atoms with E-state index in [1.165, 1.54) is 0 Å². The van der Waals surface area contributed by atoms with Crippen molar-refractivity contribution in [3.8, 4) is 0 Å². The zero-order valence-electron chi connectivity index (χ0n) is 11.0. The van der Waals surface area contributed by atoms with Crippen molar-refractivity contribution < 1.29 is 14.7 Å². The monoisotopic (exact) mass is 283 g/mol. The highest BCUT2D eigenvalue weighted by Gasteiger charge is 2.24. The molecular formula is C12H17N3O3S. The minimum absolute atomic E-state index is 0.0437. The number of carbonyl (C=O) groups is 2. The number of rotatable bonds is 4. The predicted molar refractivity (Wildman–Crippen MR) is 72.7 cm³/mol. The zero-order valence-corrected chi connectivity index (χ0v) is 11.8. The van der Waals surface area contributed by atoms with Crippen molar-refractivity contribution in [3.63, 3.8) is 0 Å². The number of amides is 1. The summed E-state index contributed by atoms with van der Waals surface area (Å²) in [4.78, 5) is 29.2. The Kier molecular flexibility index (Phi) is 4.04. The van der Waals surface area contributed by atoms with Crippen LogP contribution in [-0.2, 0) is 4.79 Å². The van der Waals surface area contributed by atoms with Crippen LogP contribution in [0.25, 0.3) is 0 Å². The lowest BCUT2D eigenvalue weighted by atomic mass is 10.3. The van der Waals surface area contributed by atoms with Crippen LogP contribution in [0.2, 0.25) is 0 Å². The van der Waals surface area contributed by atoms with Crippen molar-refractivity contribution in [2.24, 2.45) is 0 Å². The predicted octanol–water partition coefficient (Wildman–Crippen LogP) is 1.57.